The Morgan fingerprint density at radius 1 is 1.23 bits per heavy atom. The second-order valence-corrected chi connectivity index (χ2v) is 3.83. The summed E-state index contributed by atoms with van der Waals surface area (Å²) in [6, 6.07) is 10.2. The van der Waals surface area contributed by atoms with Crippen LogP contribution in [0.4, 0.5) is 0 Å². The van der Waals surface area contributed by atoms with E-state index in [1.165, 1.54) is 5.56 Å². The Morgan fingerprint density at radius 2 is 1.85 bits per heavy atom. The number of benzene rings is 1. The van der Waals surface area contributed by atoms with Gasteiger partial charge in [0.15, 0.2) is 0 Å². The lowest BCUT2D eigenvalue weighted by atomic mass is 9.79. The Labute approximate surface area is 80.4 Å². The minimum atomic E-state index is -0.0595. The van der Waals surface area contributed by atoms with Gasteiger partial charge in [0.1, 0.15) is 0 Å². The number of aliphatic hydroxyl groups is 1. The zero-order valence-electron chi connectivity index (χ0n) is 8.46. The third kappa shape index (κ3) is 2.31. The van der Waals surface area contributed by atoms with Gasteiger partial charge in [-0.3, -0.25) is 0 Å². The molecule has 0 saturated carbocycles. The molecule has 0 amide bonds. The Hall–Kier alpha value is -0.820. The number of hydrogen-bond acceptors (Lipinski definition) is 1. The molecule has 0 aromatic heterocycles. The third-order valence-electron chi connectivity index (χ3n) is 2.62. The maximum atomic E-state index is 9.37. The number of aliphatic hydroxyl groups excluding tert-OH is 1. The number of hydrogen-bond donors (Lipinski definition) is 1. The van der Waals surface area contributed by atoms with Gasteiger partial charge in [-0.1, -0.05) is 50.6 Å². The largest absolute Gasteiger partial charge is 0.395 e. The second-order valence-electron chi connectivity index (χ2n) is 3.83. The van der Waals surface area contributed by atoms with Gasteiger partial charge in [-0.2, -0.15) is 0 Å². The average Bonchev–Trinajstić information content (AvgIpc) is 2.19. The lowest BCUT2D eigenvalue weighted by Crippen LogP contribution is -2.26. The first-order valence-corrected chi connectivity index (χ1v) is 4.89. The summed E-state index contributed by atoms with van der Waals surface area (Å²) in [4.78, 5) is 0. The van der Waals surface area contributed by atoms with Crippen LogP contribution in [0.1, 0.15) is 32.3 Å². The second kappa shape index (κ2) is 4.43. The Morgan fingerprint density at radius 3 is 2.31 bits per heavy atom. The summed E-state index contributed by atoms with van der Waals surface area (Å²) in [5, 5.41) is 9.37. The molecule has 72 valence electrons. The zero-order valence-corrected chi connectivity index (χ0v) is 8.46. The molecule has 1 N–H and O–H groups in total. The van der Waals surface area contributed by atoms with E-state index in [2.05, 4.69) is 26.0 Å². The first-order valence-electron chi connectivity index (χ1n) is 4.89. The standard InChI is InChI=1S/C12H18O/c1-3-9-12(2,10-13)11-7-5-4-6-8-11/h4-8,13H,3,9-10H2,1-2H3/t12-/m0/s1. The van der Waals surface area contributed by atoms with Gasteiger partial charge < -0.3 is 5.11 Å². The van der Waals surface area contributed by atoms with E-state index in [0.717, 1.165) is 12.8 Å². The first kappa shape index (κ1) is 10.3. The molecule has 0 saturated heterocycles. The van der Waals surface area contributed by atoms with Crippen LogP contribution >= 0.6 is 0 Å². The highest BCUT2D eigenvalue weighted by Gasteiger charge is 2.23. The van der Waals surface area contributed by atoms with Gasteiger partial charge in [0.05, 0.1) is 6.61 Å². The normalized spacial score (nSPS) is 15.3. The summed E-state index contributed by atoms with van der Waals surface area (Å²) in [6.07, 6.45) is 2.14. The Kier molecular flexibility index (Phi) is 3.49. The molecular formula is C12H18O. The SMILES string of the molecule is CCC[C@@](C)(CO)c1ccccc1. The van der Waals surface area contributed by atoms with Gasteiger partial charge >= 0.3 is 0 Å². The molecule has 0 aliphatic rings. The third-order valence-corrected chi connectivity index (χ3v) is 2.62. The van der Waals surface area contributed by atoms with E-state index in [-0.39, 0.29) is 12.0 Å². The molecule has 0 spiro atoms. The van der Waals surface area contributed by atoms with Crippen molar-refractivity contribution in [1.29, 1.82) is 0 Å². The Balaban J connectivity index is 2.89. The molecule has 0 radical (unpaired) electrons. The van der Waals surface area contributed by atoms with E-state index in [1.807, 2.05) is 18.2 Å². The highest BCUT2D eigenvalue weighted by Crippen LogP contribution is 2.27. The summed E-state index contributed by atoms with van der Waals surface area (Å²) in [5.41, 5.74) is 1.18. The van der Waals surface area contributed by atoms with Crippen molar-refractivity contribution in [2.75, 3.05) is 6.61 Å². The van der Waals surface area contributed by atoms with Crippen LogP contribution in [0, 0.1) is 0 Å². The van der Waals surface area contributed by atoms with E-state index in [0.29, 0.717) is 0 Å². The summed E-state index contributed by atoms with van der Waals surface area (Å²) < 4.78 is 0. The van der Waals surface area contributed by atoms with E-state index in [1.54, 1.807) is 0 Å². The van der Waals surface area contributed by atoms with Crippen molar-refractivity contribution in [3.8, 4) is 0 Å². The van der Waals surface area contributed by atoms with Crippen LogP contribution in [-0.4, -0.2) is 11.7 Å². The molecule has 1 nitrogen and oxygen atoms in total. The van der Waals surface area contributed by atoms with Gasteiger partial charge in [-0.05, 0) is 12.0 Å². The summed E-state index contributed by atoms with van der Waals surface area (Å²) in [5.74, 6) is 0. The molecule has 0 fully saturated rings. The quantitative estimate of drug-likeness (QED) is 0.751. The number of rotatable bonds is 4. The molecule has 0 bridgehead atoms. The zero-order chi connectivity index (χ0) is 9.73. The molecule has 1 rings (SSSR count). The van der Waals surface area contributed by atoms with Crippen molar-refractivity contribution < 1.29 is 5.11 Å². The van der Waals surface area contributed by atoms with Crippen LogP contribution in [0.15, 0.2) is 30.3 Å². The monoisotopic (exact) mass is 178 g/mol. The fraction of sp³-hybridized carbons (Fsp3) is 0.500. The van der Waals surface area contributed by atoms with Crippen LogP contribution in [-0.2, 0) is 5.41 Å². The summed E-state index contributed by atoms with van der Waals surface area (Å²) in [6.45, 7) is 4.49. The lowest BCUT2D eigenvalue weighted by molar-refractivity contribution is 0.196. The van der Waals surface area contributed by atoms with E-state index >= 15 is 0 Å². The molecule has 0 unspecified atom stereocenters. The molecule has 1 aromatic rings. The maximum Gasteiger partial charge on any atom is 0.0525 e. The highest BCUT2D eigenvalue weighted by molar-refractivity contribution is 5.24. The lowest BCUT2D eigenvalue weighted by Gasteiger charge is -2.27. The Bertz CT molecular complexity index is 243. The molecule has 0 aliphatic carbocycles. The van der Waals surface area contributed by atoms with Crippen LogP contribution in [0.5, 0.6) is 0 Å². The molecular weight excluding hydrogens is 160 g/mol. The molecule has 1 aromatic carbocycles. The topological polar surface area (TPSA) is 20.2 Å². The van der Waals surface area contributed by atoms with Crippen molar-refractivity contribution in [3.63, 3.8) is 0 Å². The highest BCUT2D eigenvalue weighted by atomic mass is 16.3. The summed E-state index contributed by atoms with van der Waals surface area (Å²) in [7, 11) is 0. The summed E-state index contributed by atoms with van der Waals surface area (Å²) >= 11 is 0. The first-order chi connectivity index (χ1) is 6.23. The van der Waals surface area contributed by atoms with Gasteiger partial charge in [-0.25, -0.2) is 0 Å². The fourth-order valence-corrected chi connectivity index (χ4v) is 1.71. The maximum absolute atomic E-state index is 9.37. The molecule has 0 aliphatic heterocycles. The van der Waals surface area contributed by atoms with Gasteiger partial charge in [0.25, 0.3) is 0 Å². The van der Waals surface area contributed by atoms with Gasteiger partial charge in [0.2, 0.25) is 0 Å². The average molecular weight is 178 g/mol. The van der Waals surface area contributed by atoms with E-state index in [4.69, 9.17) is 0 Å². The van der Waals surface area contributed by atoms with Crippen LogP contribution in [0.25, 0.3) is 0 Å². The molecule has 1 atom stereocenters. The fourth-order valence-electron chi connectivity index (χ4n) is 1.71. The predicted octanol–water partition coefficient (Wildman–Crippen LogP) is 2.74. The molecule has 13 heavy (non-hydrogen) atoms. The van der Waals surface area contributed by atoms with Crippen LogP contribution in [0.2, 0.25) is 0 Å². The van der Waals surface area contributed by atoms with Crippen molar-refractivity contribution in [3.05, 3.63) is 35.9 Å². The van der Waals surface area contributed by atoms with Gasteiger partial charge in [-0.15, -0.1) is 0 Å². The van der Waals surface area contributed by atoms with Crippen molar-refractivity contribution >= 4 is 0 Å². The predicted molar refractivity (Wildman–Crippen MR) is 55.8 cm³/mol. The van der Waals surface area contributed by atoms with Crippen molar-refractivity contribution in [2.24, 2.45) is 0 Å². The minimum absolute atomic E-state index is 0.0595. The van der Waals surface area contributed by atoms with Gasteiger partial charge in [0, 0.05) is 5.41 Å². The van der Waals surface area contributed by atoms with Crippen LogP contribution in [0.3, 0.4) is 0 Å². The van der Waals surface area contributed by atoms with E-state index < -0.39 is 0 Å². The molecule has 1 heteroatoms. The van der Waals surface area contributed by atoms with Crippen molar-refractivity contribution in [2.45, 2.75) is 32.1 Å². The molecule has 0 heterocycles. The van der Waals surface area contributed by atoms with Crippen molar-refractivity contribution in [1.82, 2.24) is 0 Å². The minimum Gasteiger partial charge on any atom is -0.395 e. The smallest absolute Gasteiger partial charge is 0.0525 e. The van der Waals surface area contributed by atoms with Crippen LogP contribution < -0.4 is 0 Å². The van der Waals surface area contributed by atoms with E-state index in [9.17, 15) is 5.11 Å².